The summed E-state index contributed by atoms with van der Waals surface area (Å²) in [7, 11) is 3.44. The summed E-state index contributed by atoms with van der Waals surface area (Å²) in [6.07, 6.45) is 1.29. The highest BCUT2D eigenvalue weighted by atomic mass is 32.2. The lowest BCUT2D eigenvalue weighted by Gasteiger charge is -2.18. The first-order valence-corrected chi connectivity index (χ1v) is 8.83. The third-order valence-electron chi connectivity index (χ3n) is 3.64. The van der Waals surface area contributed by atoms with Gasteiger partial charge in [0.15, 0.2) is 0 Å². The lowest BCUT2D eigenvalue weighted by atomic mass is 10.2. The van der Waals surface area contributed by atoms with Crippen molar-refractivity contribution in [3.8, 4) is 5.75 Å². The van der Waals surface area contributed by atoms with Gasteiger partial charge in [-0.2, -0.15) is 0 Å². The zero-order valence-electron chi connectivity index (χ0n) is 14.0. The summed E-state index contributed by atoms with van der Waals surface area (Å²) in [5.74, 6) is 1.51. The van der Waals surface area contributed by atoms with Crippen LogP contribution in [0.5, 0.6) is 5.75 Å². The number of hydrogen-bond acceptors (Lipinski definition) is 3. The van der Waals surface area contributed by atoms with Crippen LogP contribution < -0.4 is 4.74 Å². The summed E-state index contributed by atoms with van der Waals surface area (Å²) in [5, 5.41) is 0. The summed E-state index contributed by atoms with van der Waals surface area (Å²) in [5.41, 5.74) is 0.997. The van der Waals surface area contributed by atoms with E-state index in [-0.39, 0.29) is 11.7 Å². The molecule has 0 bridgehead atoms. The second kappa shape index (κ2) is 9.33. The number of ether oxygens (including phenoxy) is 1. The Hall–Kier alpha value is -2.01. The number of methoxy groups -OCH3 is 1. The summed E-state index contributed by atoms with van der Waals surface area (Å²) in [6.45, 7) is 0.536. The molecule has 5 heteroatoms. The average molecular weight is 347 g/mol. The van der Waals surface area contributed by atoms with Crippen molar-refractivity contribution in [1.29, 1.82) is 0 Å². The smallest absolute Gasteiger partial charge is 0.222 e. The van der Waals surface area contributed by atoms with E-state index in [1.165, 1.54) is 12.1 Å². The molecule has 0 saturated carbocycles. The molecule has 0 heterocycles. The minimum absolute atomic E-state index is 0.112. The molecule has 0 aliphatic heterocycles. The molecule has 0 N–H and O–H groups in total. The number of amides is 1. The van der Waals surface area contributed by atoms with E-state index in [4.69, 9.17) is 4.74 Å². The van der Waals surface area contributed by atoms with Crippen molar-refractivity contribution in [3.05, 3.63) is 59.9 Å². The molecule has 3 nitrogen and oxygen atoms in total. The monoisotopic (exact) mass is 347 g/mol. The molecular formula is C19H22FNO2S. The van der Waals surface area contributed by atoms with E-state index in [9.17, 15) is 9.18 Å². The molecule has 1 amide bonds. The largest absolute Gasteiger partial charge is 0.496 e. The van der Waals surface area contributed by atoms with E-state index in [0.717, 1.165) is 28.4 Å². The number of hydrogen-bond donors (Lipinski definition) is 0. The van der Waals surface area contributed by atoms with E-state index < -0.39 is 0 Å². The van der Waals surface area contributed by atoms with E-state index >= 15 is 0 Å². The lowest BCUT2D eigenvalue weighted by molar-refractivity contribution is -0.130. The maximum atomic E-state index is 12.8. The van der Waals surface area contributed by atoms with Crippen molar-refractivity contribution >= 4 is 17.7 Å². The lowest BCUT2D eigenvalue weighted by Crippen LogP contribution is -2.26. The second-order valence-corrected chi connectivity index (χ2v) is 6.64. The van der Waals surface area contributed by atoms with Crippen LogP contribution in [0.3, 0.4) is 0 Å². The van der Waals surface area contributed by atoms with Crippen LogP contribution in [0.4, 0.5) is 4.39 Å². The first-order valence-electron chi connectivity index (χ1n) is 7.84. The number of benzene rings is 2. The molecule has 0 fully saturated rings. The van der Waals surface area contributed by atoms with Crippen molar-refractivity contribution in [3.63, 3.8) is 0 Å². The standard InChI is InChI=1S/C19H22FNO2S/c1-21(14-15-6-3-4-7-18(15)23-2)19(22)8-5-13-24-17-11-9-16(20)10-12-17/h3-4,6-7,9-12H,5,8,13-14H2,1-2H3. The van der Waals surface area contributed by atoms with Crippen LogP contribution in [0.2, 0.25) is 0 Å². The molecule has 0 aromatic heterocycles. The van der Waals surface area contributed by atoms with Crippen LogP contribution in [-0.2, 0) is 11.3 Å². The highest BCUT2D eigenvalue weighted by molar-refractivity contribution is 7.99. The number of rotatable bonds is 8. The fourth-order valence-corrected chi connectivity index (χ4v) is 3.17. The number of halogens is 1. The van der Waals surface area contributed by atoms with Gasteiger partial charge in [0.1, 0.15) is 11.6 Å². The van der Waals surface area contributed by atoms with Crippen LogP contribution in [-0.4, -0.2) is 30.7 Å². The molecule has 2 aromatic rings. The Morgan fingerprint density at radius 3 is 2.58 bits per heavy atom. The number of carbonyl (C=O) groups is 1. The summed E-state index contributed by atoms with van der Waals surface area (Å²) >= 11 is 1.64. The molecule has 0 radical (unpaired) electrons. The summed E-state index contributed by atoms with van der Waals surface area (Å²) < 4.78 is 18.1. The fraction of sp³-hybridized carbons (Fsp3) is 0.316. The first-order chi connectivity index (χ1) is 11.6. The van der Waals surface area contributed by atoms with Crippen LogP contribution >= 0.6 is 11.8 Å². The minimum atomic E-state index is -0.229. The molecule has 0 aliphatic carbocycles. The SMILES string of the molecule is COc1ccccc1CN(C)C(=O)CCCSc1ccc(F)cc1. The van der Waals surface area contributed by atoms with Gasteiger partial charge in [-0.05, 0) is 42.5 Å². The minimum Gasteiger partial charge on any atom is -0.496 e. The van der Waals surface area contributed by atoms with Gasteiger partial charge in [-0.3, -0.25) is 4.79 Å². The van der Waals surface area contributed by atoms with Crippen LogP contribution in [0, 0.1) is 5.82 Å². The molecule has 128 valence electrons. The zero-order chi connectivity index (χ0) is 17.4. The quantitative estimate of drug-likeness (QED) is 0.525. The van der Waals surface area contributed by atoms with Crippen molar-refractivity contribution in [2.24, 2.45) is 0 Å². The Labute approximate surface area is 146 Å². The van der Waals surface area contributed by atoms with Crippen molar-refractivity contribution in [1.82, 2.24) is 4.90 Å². The molecule has 0 aliphatic rings. The van der Waals surface area contributed by atoms with E-state index in [1.54, 1.807) is 35.9 Å². The summed E-state index contributed by atoms with van der Waals surface area (Å²) in [6, 6.07) is 14.1. The van der Waals surface area contributed by atoms with Gasteiger partial charge >= 0.3 is 0 Å². The van der Waals surface area contributed by atoms with Crippen molar-refractivity contribution in [2.75, 3.05) is 19.9 Å². The number of carbonyl (C=O) groups excluding carboxylic acids is 1. The highest BCUT2D eigenvalue weighted by Crippen LogP contribution is 2.21. The third-order valence-corrected chi connectivity index (χ3v) is 4.74. The predicted molar refractivity (Wildman–Crippen MR) is 95.8 cm³/mol. The summed E-state index contributed by atoms with van der Waals surface area (Å²) in [4.78, 5) is 15.0. The van der Waals surface area contributed by atoms with Gasteiger partial charge in [-0.1, -0.05) is 18.2 Å². The van der Waals surface area contributed by atoms with Gasteiger partial charge in [0.05, 0.1) is 7.11 Å². The highest BCUT2D eigenvalue weighted by Gasteiger charge is 2.11. The molecule has 2 aromatic carbocycles. The Bertz CT molecular complexity index is 661. The van der Waals surface area contributed by atoms with Gasteiger partial charge < -0.3 is 9.64 Å². The van der Waals surface area contributed by atoms with Crippen LogP contribution in [0.25, 0.3) is 0 Å². The second-order valence-electron chi connectivity index (χ2n) is 5.47. The maximum Gasteiger partial charge on any atom is 0.222 e. The van der Waals surface area contributed by atoms with Gasteiger partial charge in [0.25, 0.3) is 0 Å². The molecule has 0 atom stereocenters. The molecule has 2 rings (SSSR count). The van der Waals surface area contributed by atoms with Gasteiger partial charge in [0.2, 0.25) is 5.91 Å². The van der Waals surface area contributed by atoms with Gasteiger partial charge in [-0.25, -0.2) is 4.39 Å². The van der Waals surface area contributed by atoms with Crippen LogP contribution in [0.15, 0.2) is 53.4 Å². The maximum absolute atomic E-state index is 12.8. The predicted octanol–water partition coefficient (Wildman–Crippen LogP) is 4.37. The normalized spacial score (nSPS) is 10.5. The van der Waals surface area contributed by atoms with Gasteiger partial charge in [-0.15, -0.1) is 11.8 Å². The average Bonchev–Trinajstić information content (AvgIpc) is 2.60. The molecule has 0 spiro atoms. The van der Waals surface area contributed by atoms with E-state index in [2.05, 4.69) is 0 Å². The number of thioether (sulfide) groups is 1. The van der Waals surface area contributed by atoms with E-state index in [1.807, 2.05) is 31.3 Å². The number of para-hydroxylation sites is 1. The topological polar surface area (TPSA) is 29.5 Å². The number of nitrogens with zero attached hydrogens (tertiary/aromatic N) is 1. The first kappa shape index (κ1) is 18.3. The Kier molecular flexibility index (Phi) is 7.12. The third kappa shape index (κ3) is 5.57. The molecule has 0 unspecified atom stereocenters. The van der Waals surface area contributed by atoms with Crippen molar-refractivity contribution in [2.45, 2.75) is 24.3 Å². The van der Waals surface area contributed by atoms with E-state index in [0.29, 0.717) is 13.0 Å². The van der Waals surface area contributed by atoms with Crippen molar-refractivity contribution < 1.29 is 13.9 Å². The molecule has 0 saturated heterocycles. The molecular weight excluding hydrogens is 325 g/mol. The Morgan fingerprint density at radius 1 is 1.17 bits per heavy atom. The Morgan fingerprint density at radius 2 is 1.88 bits per heavy atom. The van der Waals surface area contributed by atoms with Crippen LogP contribution in [0.1, 0.15) is 18.4 Å². The van der Waals surface area contributed by atoms with Gasteiger partial charge in [0, 0.05) is 30.5 Å². The zero-order valence-corrected chi connectivity index (χ0v) is 14.8. The molecule has 24 heavy (non-hydrogen) atoms. The fourth-order valence-electron chi connectivity index (χ4n) is 2.31. The Balaban J connectivity index is 1.74.